The Morgan fingerprint density at radius 2 is 0.700 bits per heavy atom. The van der Waals surface area contributed by atoms with Crippen LogP contribution in [0.3, 0.4) is 0 Å². The van der Waals surface area contributed by atoms with Crippen molar-refractivity contribution in [2.45, 2.75) is 0 Å². The van der Waals surface area contributed by atoms with Crippen molar-refractivity contribution in [3.05, 3.63) is 267 Å². The van der Waals surface area contributed by atoms with Crippen LogP contribution in [0.1, 0.15) is 0 Å². The van der Waals surface area contributed by atoms with Gasteiger partial charge >= 0.3 is 0 Å². The van der Waals surface area contributed by atoms with Crippen LogP contribution < -0.4 is 4.90 Å². The van der Waals surface area contributed by atoms with E-state index in [2.05, 4.69) is 276 Å². The lowest BCUT2D eigenvalue weighted by atomic mass is 9.81. The average Bonchev–Trinajstić information content (AvgIpc) is 3.76. The molecule has 2 nitrogen and oxygen atoms in total. The molecule has 1 heterocycles. The second kappa shape index (κ2) is 16.2. The van der Waals surface area contributed by atoms with Crippen LogP contribution in [0.15, 0.2) is 267 Å². The van der Waals surface area contributed by atoms with Crippen molar-refractivity contribution in [2.24, 2.45) is 0 Å². The van der Waals surface area contributed by atoms with Gasteiger partial charge < -0.3 is 9.47 Å². The molecule has 1 aromatic heterocycles. The molecule has 1 aliphatic carbocycles. The van der Waals surface area contributed by atoms with Crippen molar-refractivity contribution in [3.63, 3.8) is 0 Å². The molecule has 0 saturated carbocycles. The first-order valence-corrected chi connectivity index (χ1v) is 24.2. The SMILES string of the molecule is c1cc(-c2ccc(N(c3ccc4c(c3)-c3ccccc3-c3ccccc3-c3ccccc3-4)c3ccc4ccccc4c3)cc2)cc(-c2ccc3c(c2)c2ccccc2n3-c2cccc3ccccc23)c1. The van der Waals surface area contributed by atoms with Crippen molar-refractivity contribution in [3.8, 4) is 72.4 Å². The third kappa shape index (κ3) is 6.49. The van der Waals surface area contributed by atoms with Crippen LogP contribution in [0.5, 0.6) is 0 Å². The van der Waals surface area contributed by atoms with E-state index in [-0.39, 0.29) is 0 Å². The van der Waals surface area contributed by atoms with Crippen molar-refractivity contribution in [2.75, 3.05) is 4.90 Å². The maximum absolute atomic E-state index is 2.43. The lowest BCUT2D eigenvalue weighted by Gasteiger charge is -2.28. The van der Waals surface area contributed by atoms with E-state index in [0.29, 0.717) is 0 Å². The fraction of sp³-hybridized carbons (Fsp3) is 0. The molecule has 2 heteroatoms. The number of benzene rings is 12. The van der Waals surface area contributed by atoms with Gasteiger partial charge in [-0.2, -0.15) is 0 Å². The fourth-order valence-electron chi connectivity index (χ4n) is 11.2. The molecule has 0 spiro atoms. The molecule has 14 rings (SSSR count). The Balaban J connectivity index is 0.871. The number of anilines is 3. The monoisotopic (exact) mass is 888 g/mol. The minimum atomic E-state index is 1.09. The average molecular weight is 889 g/mol. The van der Waals surface area contributed by atoms with Crippen LogP contribution in [0, 0.1) is 0 Å². The number of hydrogen-bond donors (Lipinski definition) is 0. The predicted octanol–water partition coefficient (Wildman–Crippen LogP) is 18.9. The first-order valence-electron chi connectivity index (χ1n) is 24.2. The van der Waals surface area contributed by atoms with Crippen molar-refractivity contribution >= 4 is 60.4 Å². The lowest BCUT2D eigenvalue weighted by Crippen LogP contribution is -2.10. The molecule has 0 unspecified atom stereocenters. The Bertz CT molecular complexity index is 4180. The second-order valence-electron chi connectivity index (χ2n) is 18.4. The number of fused-ring (bicyclic) bond motifs is 13. The minimum absolute atomic E-state index is 1.09. The summed E-state index contributed by atoms with van der Waals surface area (Å²) in [6.07, 6.45) is 0. The molecular formula is C68H44N2. The summed E-state index contributed by atoms with van der Waals surface area (Å²) in [6.45, 7) is 0. The van der Waals surface area contributed by atoms with E-state index in [0.717, 1.165) is 17.1 Å². The van der Waals surface area contributed by atoms with Crippen molar-refractivity contribution in [1.29, 1.82) is 0 Å². The molecule has 13 aromatic rings. The zero-order valence-electron chi connectivity index (χ0n) is 38.3. The molecule has 12 aromatic carbocycles. The zero-order valence-corrected chi connectivity index (χ0v) is 38.3. The van der Waals surface area contributed by atoms with E-state index in [4.69, 9.17) is 0 Å². The summed E-state index contributed by atoms with van der Waals surface area (Å²) in [5, 5.41) is 7.40. The topological polar surface area (TPSA) is 8.17 Å². The van der Waals surface area contributed by atoms with Gasteiger partial charge in [-0.05, 0) is 150 Å². The highest BCUT2D eigenvalue weighted by atomic mass is 15.1. The van der Waals surface area contributed by atoms with Gasteiger partial charge in [-0.25, -0.2) is 0 Å². The summed E-state index contributed by atoms with van der Waals surface area (Å²) < 4.78 is 2.43. The maximum Gasteiger partial charge on any atom is 0.0541 e. The summed E-state index contributed by atoms with van der Waals surface area (Å²) in [5.41, 5.74) is 21.5. The van der Waals surface area contributed by atoms with E-state index < -0.39 is 0 Å². The zero-order chi connectivity index (χ0) is 46.1. The highest BCUT2D eigenvalue weighted by molar-refractivity contribution is 6.12. The molecule has 70 heavy (non-hydrogen) atoms. The van der Waals surface area contributed by atoms with Crippen LogP contribution in [0.4, 0.5) is 17.1 Å². The second-order valence-corrected chi connectivity index (χ2v) is 18.4. The summed E-state index contributed by atoms with van der Waals surface area (Å²) in [4.78, 5) is 2.41. The van der Waals surface area contributed by atoms with E-state index in [1.807, 2.05) is 0 Å². The van der Waals surface area contributed by atoms with Crippen molar-refractivity contribution < 1.29 is 0 Å². The predicted molar refractivity (Wildman–Crippen MR) is 297 cm³/mol. The normalized spacial score (nSPS) is 11.7. The van der Waals surface area contributed by atoms with Gasteiger partial charge in [0.05, 0.1) is 16.7 Å². The summed E-state index contributed by atoms with van der Waals surface area (Å²) in [5.74, 6) is 0. The molecule has 0 fully saturated rings. The van der Waals surface area contributed by atoms with E-state index >= 15 is 0 Å². The number of para-hydroxylation sites is 1. The largest absolute Gasteiger partial charge is 0.310 e. The molecule has 326 valence electrons. The van der Waals surface area contributed by atoms with Gasteiger partial charge in [0.25, 0.3) is 0 Å². The number of nitrogens with zero attached hydrogens (tertiary/aromatic N) is 2. The molecular weight excluding hydrogens is 845 g/mol. The van der Waals surface area contributed by atoms with Gasteiger partial charge in [0.1, 0.15) is 0 Å². The number of hydrogen-bond acceptors (Lipinski definition) is 1. The Hall–Kier alpha value is -9.24. The molecule has 1 aliphatic rings. The van der Waals surface area contributed by atoms with Gasteiger partial charge in [-0.1, -0.05) is 200 Å². The van der Waals surface area contributed by atoms with E-state index in [1.165, 1.54) is 116 Å². The first kappa shape index (κ1) is 39.9. The van der Waals surface area contributed by atoms with Crippen LogP contribution in [0.2, 0.25) is 0 Å². The molecule has 0 amide bonds. The van der Waals surface area contributed by atoms with Crippen molar-refractivity contribution in [1.82, 2.24) is 4.57 Å². The Morgan fingerprint density at radius 1 is 0.229 bits per heavy atom. The summed E-state index contributed by atoms with van der Waals surface area (Å²) >= 11 is 0. The fourth-order valence-corrected chi connectivity index (χ4v) is 11.2. The van der Waals surface area contributed by atoms with Gasteiger partial charge in [0.2, 0.25) is 0 Å². The molecule has 0 radical (unpaired) electrons. The highest BCUT2D eigenvalue weighted by Gasteiger charge is 2.24. The third-order valence-corrected chi connectivity index (χ3v) is 14.5. The van der Waals surface area contributed by atoms with Gasteiger partial charge in [-0.3, -0.25) is 0 Å². The molecule has 0 saturated heterocycles. The standard InChI is InChI=1S/C68H44N2/c1-2-17-50-42-53(37-33-45(50)15-1)69(54-38-39-62-60-26-8-7-24-58(60)56-22-5-6-23-57(56)59-25-9-10-27-61(59)64(62)44-54)52-35-31-46(32-36-52)48-19-13-20-49(41-48)51-34-40-68-65(43-51)63-28-11-12-29-67(63)70(68)66-30-14-18-47-16-3-4-21-55(47)66/h1-44H. The Labute approximate surface area is 407 Å². The number of aromatic nitrogens is 1. The smallest absolute Gasteiger partial charge is 0.0541 e. The minimum Gasteiger partial charge on any atom is -0.310 e. The van der Waals surface area contributed by atoms with E-state index in [9.17, 15) is 0 Å². The van der Waals surface area contributed by atoms with Crippen LogP contribution in [-0.2, 0) is 0 Å². The van der Waals surface area contributed by atoms with E-state index in [1.54, 1.807) is 0 Å². The first-order chi connectivity index (χ1) is 34.7. The molecule has 0 aliphatic heterocycles. The summed E-state index contributed by atoms with van der Waals surface area (Å²) in [6, 6.07) is 98.2. The van der Waals surface area contributed by atoms with Gasteiger partial charge in [0, 0.05) is 33.2 Å². The lowest BCUT2D eigenvalue weighted by molar-refractivity contribution is 1.20. The van der Waals surface area contributed by atoms with Crippen LogP contribution in [-0.4, -0.2) is 4.57 Å². The number of rotatable bonds is 6. The Morgan fingerprint density at radius 3 is 1.41 bits per heavy atom. The maximum atomic E-state index is 2.43. The highest BCUT2D eigenvalue weighted by Crippen LogP contribution is 2.50. The quantitative estimate of drug-likeness (QED) is 0.161. The van der Waals surface area contributed by atoms with Gasteiger partial charge in [0.15, 0.2) is 0 Å². The summed E-state index contributed by atoms with van der Waals surface area (Å²) in [7, 11) is 0. The molecule has 0 bridgehead atoms. The van der Waals surface area contributed by atoms with Crippen LogP contribution in [0.25, 0.3) is 116 Å². The molecule has 0 atom stereocenters. The van der Waals surface area contributed by atoms with Gasteiger partial charge in [-0.15, -0.1) is 0 Å². The van der Waals surface area contributed by atoms with Crippen LogP contribution >= 0.6 is 0 Å². The third-order valence-electron chi connectivity index (χ3n) is 14.5. The molecule has 0 N–H and O–H groups in total. The Kier molecular flexibility index (Phi) is 9.25.